The van der Waals surface area contributed by atoms with E-state index in [-0.39, 0.29) is 0 Å². The predicted octanol–water partition coefficient (Wildman–Crippen LogP) is 4.25. The monoisotopic (exact) mass is 386 g/mol. The molecule has 0 aliphatic carbocycles. The fraction of sp³-hybridized carbons (Fsp3) is 0.0909. The van der Waals surface area contributed by atoms with E-state index in [9.17, 15) is 0 Å². The summed E-state index contributed by atoms with van der Waals surface area (Å²) in [5.41, 5.74) is 2.68. The van der Waals surface area contributed by atoms with Gasteiger partial charge in [-0.15, -0.1) is 11.3 Å². The number of aromatic amines is 1. The first kappa shape index (κ1) is 12.1. The third-order valence-corrected chi connectivity index (χ3v) is 4.85. The van der Waals surface area contributed by atoms with Crippen LogP contribution in [0.4, 0.5) is 5.82 Å². The van der Waals surface area contributed by atoms with Gasteiger partial charge in [0.1, 0.15) is 11.6 Å². The van der Waals surface area contributed by atoms with Crippen molar-refractivity contribution in [1.29, 1.82) is 0 Å². The van der Waals surface area contributed by atoms with Crippen LogP contribution >= 0.6 is 43.2 Å². The standard InChI is InChI=1S/C11H8Br2N4S/c1-14-8-3-2-6-11(16-8)17-10(15-6)5-4-7(12)18-9(5)13/h2-4H,1H3,(H2,14,15,16,17). The Balaban J connectivity index is 2.16. The number of aromatic nitrogens is 3. The molecule has 0 amide bonds. The molecule has 0 spiro atoms. The van der Waals surface area contributed by atoms with Gasteiger partial charge in [0.05, 0.1) is 13.1 Å². The normalized spacial score (nSPS) is 11.1. The van der Waals surface area contributed by atoms with Gasteiger partial charge in [-0.05, 0) is 50.1 Å². The number of rotatable bonds is 2. The summed E-state index contributed by atoms with van der Waals surface area (Å²) in [5.74, 6) is 1.63. The van der Waals surface area contributed by atoms with Gasteiger partial charge in [-0.3, -0.25) is 0 Å². The van der Waals surface area contributed by atoms with E-state index >= 15 is 0 Å². The van der Waals surface area contributed by atoms with E-state index in [1.165, 1.54) is 0 Å². The van der Waals surface area contributed by atoms with Crippen LogP contribution in [0.3, 0.4) is 0 Å². The third-order valence-electron chi connectivity index (χ3n) is 2.51. The SMILES string of the molecule is CNc1ccc2[nH]c(-c3cc(Br)sc3Br)nc2n1. The van der Waals surface area contributed by atoms with Crippen molar-refractivity contribution in [2.24, 2.45) is 0 Å². The molecule has 3 aromatic heterocycles. The fourth-order valence-corrected chi connectivity index (χ4v) is 4.47. The van der Waals surface area contributed by atoms with Crippen LogP contribution in [-0.2, 0) is 0 Å². The summed E-state index contributed by atoms with van der Waals surface area (Å²) < 4.78 is 2.11. The number of fused-ring (bicyclic) bond motifs is 1. The quantitative estimate of drug-likeness (QED) is 0.690. The first-order valence-electron chi connectivity index (χ1n) is 5.17. The lowest BCUT2D eigenvalue weighted by molar-refractivity contribution is 1.29. The Kier molecular flexibility index (Phi) is 3.13. The maximum Gasteiger partial charge on any atom is 0.180 e. The van der Waals surface area contributed by atoms with Gasteiger partial charge in [-0.1, -0.05) is 0 Å². The molecular formula is C11H8Br2N4S. The van der Waals surface area contributed by atoms with Crippen molar-refractivity contribution in [3.8, 4) is 11.4 Å². The zero-order chi connectivity index (χ0) is 12.7. The number of hydrogen-bond acceptors (Lipinski definition) is 4. The highest BCUT2D eigenvalue weighted by Gasteiger charge is 2.12. The molecule has 0 aromatic carbocycles. The Hall–Kier alpha value is -0.920. The summed E-state index contributed by atoms with van der Waals surface area (Å²) in [4.78, 5) is 12.2. The number of anilines is 1. The summed E-state index contributed by atoms with van der Waals surface area (Å²) in [6, 6.07) is 5.92. The number of nitrogens with one attached hydrogen (secondary N) is 2. The van der Waals surface area contributed by atoms with Crippen LogP contribution in [0.2, 0.25) is 0 Å². The molecule has 3 aromatic rings. The lowest BCUT2D eigenvalue weighted by Gasteiger charge is -1.95. The maximum atomic E-state index is 4.51. The molecule has 0 bridgehead atoms. The summed E-state index contributed by atoms with van der Waals surface area (Å²) in [6.45, 7) is 0. The van der Waals surface area contributed by atoms with Crippen LogP contribution in [0.25, 0.3) is 22.6 Å². The molecule has 2 N–H and O–H groups in total. The number of H-pyrrole nitrogens is 1. The number of halogens is 2. The number of hydrogen-bond donors (Lipinski definition) is 2. The number of imidazole rings is 1. The molecule has 0 fully saturated rings. The van der Waals surface area contributed by atoms with Crippen LogP contribution in [0.5, 0.6) is 0 Å². The van der Waals surface area contributed by atoms with Gasteiger partial charge in [0.25, 0.3) is 0 Å². The van der Waals surface area contributed by atoms with E-state index in [4.69, 9.17) is 0 Å². The highest BCUT2D eigenvalue weighted by atomic mass is 79.9. The van der Waals surface area contributed by atoms with Gasteiger partial charge in [0.2, 0.25) is 0 Å². The van der Waals surface area contributed by atoms with Crippen LogP contribution < -0.4 is 5.32 Å². The van der Waals surface area contributed by atoms with Crippen molar-refractivity contribution in [1.82, 2.24) is 15.0 Å². The molecule has 0 unspecified atom stereocenters. The molecule has 0 atom stereocenters. The number of pyridine rings is 1. The molecule has 18 heavy (non-hydrogen) atoms. The molecule has 0 aliphatic rings. The van der Waals surface area contributed by atoms with Gasteiger partial charge in [0, 0.05) is 12.6 Å². The summed E-state index contributed by atoms with van der Waals surface area (Å²) in [5, 5.41) is 3.00. The first-order chi connectivity index (χ1) is 8.67. The topological polar surface area (TPSA) is 53.6 Å². The van der Waals surface area contributed by atoms with Crippen LogP contribution in [0, 0.1) is 0 Å². The van der Waals surface area contributed by atoms with E-state index in [1.807, 2.05) is 25.2 Å². The molecule has 92 valence electrons. The first-order valence-corrected chi connectivity index (χ1v) is 7.57. The van der Waals surface area contributed by atoms with Crippen LogP contribution in [-0.4, -0.2) is 22.0 Å². The Morgan fingerprint density at radius 3 is 2.78 bits per heavy atom. The van der Waals surface area contributed by atoms with Crippen molar-refractivity contribution >= 4 is 60.2 Å². The Morgan fingerprint density at radius 2 is 2.11 bits per heavy atom. The van der Waals surface area contributed by atoms with Gasteiger partial charge in [0.15, 0.2) is 5.65 Å². The van der Waals surface area contributed by atoms with E-state index in [1.54, 1.807) is 11.3 Å². The zero-order valence-electron chi connectivity index (χ0n) is 9.29. The third kappa shape index (κ3) is 2.06. The predicted molar refractivity (Wildman–Crippen MR) is 82.1 cm³/mol. The lowest BCUT2D eigenvalue weighted by atomic mass is 10.3. The molecule has 3 heterocycles. The van der Waals surface area contributed by atoms with Gasteiger partial charge in [-0.2, -0.15) is 0 Å². The van der Waals surface area contributed by atoms with E-state index in [2.05, 4.69) is 52.1 Å². The van der Waals surface area contributed by atoms with Crippen LogP contribution in [0.1, 0.15) is 0 Å². The Bertz CT molecular complexity index is 719. The van der Waals surface area contributed by atoms with E-state index in [0.29, 0.717) is 5.65 Å². The zero-order valence-corrected chi connectivity index (χ0v) is 13.3. The van der Waals surface area contributed by atoms with Crippen molar-refractivity contribution < 1.29 is 0 Å². The second-order valence-electron chi connectivity index (χ2n) is 3.64. The molecule has 0 saturated carbocycles. The summed E-state index contributed by atoms with van der Waals surface area (Å²) in [7, 11) is 1.84. The molecule has 0 saturated heterocycles. The van der Waals surface area contributed by atoms with Crippen LogP contribution in [0.15, 0.2) is 25.8 Å². The number of thiophene rings is 1. The minimum atomic E-state index is 0.714. The second kappa shape index (κ2) is 4.64. The van der Waals surface area contributed by atoms with Gasteiger partial charge in [-0.25, -0.2) is 9.97 Å². The van der Waals surface area contributed by atoms with Crippen molar-refractivity contribution in [3.63, 3.8) is 0 Å². The molecule has 0 aliphatic heterocycles. The summed E-state index contributed by atoms with van der Waals surface area (Å²) in [6.07, 6.45) is 0. The van der Waals surface area contributed by atoms with Crippen molar-refractivity contribution in [3.05, 3.63) is 25.8 Å². The highest BCUT2D eigenvalue weighted by Crippen LogP contribution is 2.37. The minimum absolute atomic E-state index is 0.714. The van der Waals surface area contributed by atoms with E-state index in [0.717, 1.165) is 30.3 Å². The molecular weight excluding hydrogens is 380 g/mol. The average Bonchev–Trinajstić information content (AvgIpc) is 2.90. The fourth-order valence-electron chi connectivity index (χ4n) is 1.66. The molecule has 3 rings (SSSR count). The average molecular weight is 388 g/mol. The largest absolute Gasteiger partial charge is 0.373 e. The Morgan fingerprint density at radius 1 is 1.28 bits per heavy atom. The van der Waals surface area contributed by atoms with Gasteiger partial charge >= 0.3 is 0 Å². The molecule has 7 heteroatoms. The molecule has 0 radical (unpaired) electrons. The van der Waals surface area contributed by atoms with Crippen molar-refractivity contribution in [2.75, 3.05) is 12.4 Å². The Labute approximate surface area is 124 Å². The maximum absolute atomic E-state index is 4.51. The van der Waals surface area contributed by atoms with Gasteiger partial charge < -0.3 is 10.3 Å². The smallest absolute Gasteiger partial charge is 0.180 e. The molecule has 4 nitrogen and oxygen atoms in total. The lowest BCUT2D eigenvalue weighted by Crippen LogP contribution is -1.91. The minimum Gasteiger partial charge on any atom is -0.373 e. The summed E-state index contributed by atoms with van der Waals surface area (Å²) >= 11 is 8.63. The second-order valence-corrected chi connectivity index (χ2v) is 7.39. The number of nitrogens with zero attached hydrogens (tertiary/aromatic N) is 2. The van der Waals surface area contributed by atoms with E-state index < -0.39 is 0 Å². The highest BCUT2D eigenvalue weighted by molar-refractivity contribution is 9.12. The van der Waals surface area contributed by atoms with Crippen molar-refractivity contribution in [2.45, 2.75) is 0 Å².